The summed E-state index contributed by atoms with van der Waals surface area (Å²) in [6, 6.07) is 0. The highest BCUT2D eigenvalue weighted by Crippen LogP contribution is 2.32. The Morgan fingerprint density at radius 2 is 1.72 bits per heavy atom. The van der Waals surface area contributed by atoms with Crippen LogP contribution in [0.5, 0.6) is 0 Å². The number of rotatable bonds is 9. The zero-order chi connectivity index (χ0) is 13.9. The van der Waals surface area contributed by atoms with Gasteiger partial charge in [-0.1, -0.05) is 60.6 Å². The van der Waals surface area contributed by atoms with E-state index >= 15 is 0 Å². The zero-order valence-corrected chi connectivity index (χ0v) is 12.6. The number of hydrogen-bond acceptors (Lipinski definition) is 2. The topological polar surface area (TPSA) is 26.3 Å². The Labute approximate surface area is 124 Å². The smallest absolute Gasteiger partial charge is 0.334 e. The van der Waals surface area contributed by atoms with Gasteiger partial charge in [-0.05, 0) is 31.8 Å². The molecule has 5 heteroatoms. The fourth-order valence-corrected chi connectivity index (χ4v) is 1.75. The molecule has 0 aromatic heterocycles. The molecule has 2 nitrogen and oxygen atoms in total. The van der Waals surface area contributed by atoms with Crippen molar-refractivity contribution < 1.29 is 9.53 Å². The molecule has 0 atom stereocenters. The quantitative estimate of drug-likeness (QED) is 0.189. The highest BCUT2D eigenvalue weighted by Gasteiger charge is 2.17. The molecule has 0 unspecified atom stereocenters. The lowest BCUT2D eigenvalue weighted by Crippen LogP contribution is -2.00. The molecule has 0 aromatic carbocycles. The third-order valence-corrected chi connectivity index (χ3v) is 2.85. The van der Waals surface area contributed by atoms with Crippen molar-refractivity contribution in [2.45, 2.75) is 48.7 Å². The van der Waals surface area contributed by atoms with E-state index in [2.05, 4.69) is 6.58 Å². The van der Waals surface area contributed by atoms with E-state index in [0.717, 1.165) is 44.6 Å². The van der Waals surface area contributed by atoms with Crippen molar-refractivity contribution in [3.63, 3.8) is 0 Å². The summed E-state index contributed by atoms with van der Waals surface area (Å²) in [6.45, 7) is 3.30. The minimum Gasteiger partial charge on any atom is -0.432 e. The van der Waals surface area contributed by atoms with Crippen molar-refractivity contribution in [3.8, 4) is 0 Å². The Morgan fingerprint density at radius 3 is 2.33 bits per heavy atom. The number of halogens is 3. The third-order valence-electron chi connectivity index (χ3n) is 2.28. The third kappa shape index (κ3) is 13.9. The van der Waals surface area contributed by atoms with Crippen LogP contribution in [-0.4, -0.2) is 9.76 Å². The van der Waals surface area contributed by atoms with Crippen LogP contribution in [0.1, 0.15) is 44.9 Å². The van der Waals surface area contributed by atoms with E-state index < -0.39 is 9.76 Å². The second-order valence-electron chi connectivity index (χ2n) is 3.93. The normalized spacial score (nSPS) is 11.7. The van der Waals surface area contributed by atoms with Crippen molar-refractivity contribution in [3.05, 3.63) is 25.0 Å². The summed E-state index contributed by atoms with van der Waals surface area (Å²) in [6.07, 6.45) is 11.2. The van der Waals surface area contributed by atoms with Gasteiger partial charge in [-0.15, -0.1) is 0 Å². The molecule has 0 saturated carbocycles. The van der Waals surface area contributed by atoms with Crippen LogP contribution in [-0.2, 0) is 9.53 Å². The van der Waals surface area contributed by atoms with Crippen LogP contribution in [0.4, 0.5) is 0 Å². The van der Waals surface area contributed by atoms with Gasteiger partial charge in [0.2, 0.25) is 0 Å². The predicted molar refractivity (Wildman–Crippen MR) is 78.0 cm³/mol. The van der Waals surface area contributed by atoms with Gasteiger partial charge in [0.1, 0.15) is 0 Å². The first-order valence-corrected chi connectivity index (χ1v) is 7.14. The van der Waals surface area contributed by atoms with Crippen LogP contribution in [0.2, 0.25) is 0 Å². The molecule has 0 aliphatic rings. The van der Waals surface area contributed by atoms with Gasteiger partial charge in [0.25, 0.3) is 0 Å². The van der Waals surface area contributed by atoms with Gasteiger partial charge in [-0.25, -0.2) is 4.79 Å². The monoisotopic (exact) mass is 312 g/mol. The number of carbonyl (C=O) groups excluding carboxylic acids is 1. The van der Waals surface area contributed by atoms with Gasteiger partial charge in [0, 0.05) is 6.08 Å². The Balaban J connectivity index is 3.26. The summed E-state index contributed by atoms with van der Waals surface area (Å²) in [5.74, 6) is -0.432. The fraction of sp³-hybridized carbons (Fsp3) is 0.615. The lowest BCUT2D eigenvalue weighted by Gasteiger charge is -2.09. The first-order valence-electron chi connectivity index (χ1n) is 6.00. The first-order chi connectivity index (χ1) is 8.45. The summed E-state index contributed by atoms with van der Waals surface area (Å²) < 4.78 is 3.58. The molecule has 0 N–H and O–H groups in total. The van der Waals surface area contributed by atoms with E-state index in [-0.39, 0.29) is 0 Å². The van der Waals surface area contributed by atoms with Crippen LogP contribution < -0.4 is 0 Å². The molecule has 0 aliphatic carbocycles. The van der Waals surface area contributed by atoms with Gasteiger partial charge < -0.3 is 4.74 Å². The number of allylic oxidation sites excluding steroid dienone is 1. The number of esters is 1. The zero-order valence-electron chi connectivity index (χ0n) is 10.3. The summed E-state index contributed by atoms with van der Waals surface area (Å²) in [5.41, 5.74) is 0. The number of hydrogen-bond donors (Lipinski definition) is 0. The highest BCUT2D eigenvalue weighted by atomic mass is 35.6. The molecule has 0 heterocycles. The molecule has 0 rings (SSSR count). The average Bonchev–Trinajstić information content (AvgIpc) is 2.29. The van der Waals surface area contributed by atoms with E-state index in [9.17, 15) is 4.79 Å². The Morgan fingerprint density at radius 1 is 1.11 bits per heavy atom. The largest absolute Gasteiger partial charge is 0.432 e. The molecule has 0 aliphatic heterocycles. The van der Waals surface area contributed by atoms with Crippen molar-refractivity contribution in [2.24, 2.45) is 0 Å². The molecule has 0 spiro atoms. The number of unbranched alkanes of at least 4 members (excludes halogenated alkanes) is 5. The summed E-state index contributed by atoms with van der Waals surface area (Å²) in [5, 5.41) is 0. The number of alkyl halides is 3. The second kappa shape index (κ2) is 10.7. The lowest BCUT2D eigenvalue weighted by atomic mass is 10.1. The minimum atomic E-state index is -1.11. The van der Waals surface area contributed by atoms with Crippen molar-refractivity contribution in [1.29, 1.82) is 0 Å². The molecule has 0 radical (unpaired) electrons. The van der Waals surface area contributed by atoms with Crippen LogP contribution in [0.25, 0.3) is 0 Å². The van der Waals surface area contributed by atoms with Gasteiger partial charge in [-0.3, -0.25) is 0 Å². The van der Waals surface area contributed by atoms with Crippen LogP contribution >= 0.6 is 34.8 Å². The maximum Gasteiger partial charge on any atom is 0.334 e. The minimum absolute atomic E-state index is 0.432. The Hall–Kier alpha value is -0.180. The van der Waals surface area contributed by atoms with Gasteiger partial charge in [-0.2, -0.15) is 0 Å². The molecule has 0 bridgehead atoms. The fourth-order valence-electron chi connectivity index (χ4n) is 1.35. The Kier molecular flexibility index (Phi) is 10.6. The van der Waals surface area contributed by atoms with Crippen molar-refractivity contribution in [1.82, 2.24) is 0 Å². The lowest BCUT2D eigenvalue weighted by molar-refractivity contribution is -0.132. The molecule has 0 aromatic rings. The van der Waals surface area contributed by atoms with E-state index in [1.165, 1.54) is 6.26 Å². The predicted octanol–water partition coefficient (Wildman–Crippen LogP) is 5.33. The Bertz CT molecular complexity index is 270. The molecule has 0 amide bonds. The maximum atomic E-state index is 10.7. The SMILES string of the molecule is C=CC(=O)OC=CCCCCCCCC(Cl)(Cl)Cl. The van der Waals surface area contributed by atoms with E-state index in [4.69, 9.17) is 39.5 Å². The molecule has 104 valence electrons. The highest BCUT2D eigenvalue weighted by molar-refractivity contribution is 6.67. The first kappa shape index (κ1) is 17.8. The molecule has 0 saturated heterocycles. The van der Waals surface area contributed by atoms with Gasteiger partial charge in [0.05, 0.1) is 6.26 Å². The van der Waals surface area contributed by atoms with Crippen LogP contribution in [0.3, 0.4) is 0 Å². The molecular formula is C13H19Cl3O2. The van der Waals surface area contributed by atoms with Gasteiger partial charge >= 0.3 is 5.97 Å². The molecular weight excluding hydrogens is 294 g/mol. The average molecular weight is 314 g/mol. The summed E-state index contributed by atoms with van der Waals surface area (Å²) in [7, 11) is 0. The number of carbonyl (C=O) groups is 1. The van der Waals surface area contributed by atoms with Gasteiger partial charge in [0.15, 0.2) is 3.79 Å². The number of ether oxygens (including phenoxy) is 1. The van der Waals surface area contributed by atoms with E-state index in [0.29, 0.717) is 6.42 Å². The van der Waals surface area contributed by atoms with Crippen LogP contribution in [0.15, 0.2) is 25.0 Å². The summed E-state index contributed by atoms with van der Waals surface area (Å²) in [4.78, 5) is 10.7. The molecule has 18 heavy (non-hydrogen) atoms. The second-order valence-corrected chi connectivity index (χ2v) is 6.45. The van der Waals surface area contributed by atoms with Crippen molar-refractivity contribution >= 4 is 40.8 Å². The summed E-state index contributed by atoms with van der Waals surface area (Å²) >= 11 is 16.9. The maximum absolute atomic E-state index is 10.7. The van der Waals surface area contributed by atoms with E-state index in [1.54, 1.807) is 0 Å². The van der Waals surface area contributed by atoms with Crippen molar-refractivity contribution in [2.75, 3.05) is 0 Å². The van der Waals surface area contributed by atoms with E-state index in [1.807, 2.05) is 6.08 Å². The van der Waals surface area contributed by atoms with Crippen LogP contribution in [0, 0.1) is 0 Å². The molecule has 0 fully saturated rings. The standard InChI is InChI=1S/C13H19Cl3O2/c1-2-12(17)18-11-9-7-5-3-4-6-8-10-13(14,15)16/h2,9,11H,1,3-8,10H2.